The number of alkyl halides is 1. The van der Waals surface area contributed by atoms with E-state index in [4.69, 9.17) is 11.6 Å². The smallest absolute Gasteiger partial charge is 0.207 e. The van der Waals surface area contributed by atoms with Crippen molar-refractivity contribution in [2.24, 2.45) is 0 Å². The minimum absolute atomic E-state index is 0.326. The monoisotopic (exact) mass is 279 g/mol. The third-order valence-electron chi connectivity index (χ3n) is 2.26. The van der Waals surface area contributed by atoms with Gasteiger partial charge in [-0.05, 0) is 32.4 Å². The second-order valence-corrected chi connectivity index (χ2v) is 6.39. The summed E-state index contributed by atoms with van der Waals surface area (Å²) in [6, 6.07) is 5.27. The molecule has 3 nitrogen and oxygen atoms in total. The van der Waals surface area contributed by atoms with Crippen LogP contribution in [0.1, 0.15) is 20.3 Å². The van der Waals surface area contributed by atoms with Gasteiger partial charge in [-0.2, -0.15) is 0 Å². The van der Waals surface area contributed by atoms with Crippen LogP contribution in [0, 0.1) is 5.82 Å². The Bertz CT molecular complexity index is 488. The Hall–Kier alpha value is -0.650. The zero-order valence-electron chi connectivity index (χ0n) is 9.70. The van der Waals surface area contributed by atoms with Crippen molar-refractivity contribution in [3.8, 4) is 0 Å². The Balaban J connectivity index is 3.02. The summed E-state index contributed by atoms with van der Waals surface area (Å²) in [6.07, 6.45) is 0.461. The Kier molecular flexibility index (Phi) is 4.52. The van der Waals surface area contributed by atoms with Crippen molar-refractivity contribution in [3.63, 3.8) is 0 Å². The van der Waals surface area contributed by atoms with Crippen LogP contribution in [0.4, 0.5) is 4.39 Å². The van der Waals surface area contributed by atoms with Gasteiger partial charge in [-0.3, -0.25) is 0 Å². The molecule has 0 aliphatic rings. The van der Waals surface area contributed by atoms with Crippen LogP contribution < -0.4 is 4.72 Å². The van der Waals surface area contributed by atoms with E-state index in [1.165, 1.54) is 18.2 Å². The third kappa shape index (κ3) is 3.94. The second kappa shape index (κ2) is 5.33. The highest BCUT2D eigenvalue weighted by molar-refractivity contribution is 7.89. The first-order valence-corrected chi connectivity index (χ1v) is 7.15. The summed E-state index contributed by atoms with van der Waals surface area (Å²) in [5.41, 5.74) is -0.705. The maximum absolute atomic E-state index is 13.4. The fourth-order valence-electron chi connectivity index (χ4n) is 1.37. The van der Waals surface area contributed by atoms with Gasteiger partial charge in [0, 0.05) is 11.4 Å². The van der Waals surface area contributed by atoms with Crippen molar-refractivity contribution in [2.45, 2.75) is 30.7 Å². The van der Waals surface area contributed by atoms with Gasteiger partial charge >= 0.3 is 0 Å². The Morgan fingerprint density at radius 1 is 1.35 bits per heavy atom. The maximum Gasteiger partial charge on any atom is 0.243 e. The highest BCUT2D eigenvalue weighted by Gasteiger charge is 2.27. The van der Waals surface area contributed by atoms with E-state index in [9.17, 15) is 12.8 Å². The summed E-state index contributed by atoms with van der Waals surface area (Å²) in [4.78, 5) is -0.345. The molecule has 1 rings (SSSR count). The first kappa shape index (κ1) is 14.4. The molecular weight excluding hydrogens is 265 g/mol. The molecule has 96 valence electrons. The van der Waals surface area contributed by atoms with Crippen LogP contribution in [0.5, 0.6) is 0 Å². The van der Waals surface area contributed by atoms with Crippen LogP contribution in [-0.2, 0) is 10.0 Å². The standard InChI is InChI=1S/C11H15ClFNO2S/c1-11(2,7-8-12)14-17(15,16)10-6-4-3-5-9(10)13/h3-6,14H,7-8H2,1-2H3. The van der Waals surface area contributed by atoms with Gasteiger partial charge in [0.1, 0.15) is 10.7 Å². The first-order chi connectivity index (χ1) is 7.78. The second-order valence-electron chi connectivity index (χ2n) is 4.36. The van der Waals surface area contributed by atoms with Crippen LogP contribution >= 0.6 is 11.6 Å². The lowest BCUT2D eigenvalue weighted by molar-refractivity contribution is 0.439. The molecule has 0 saturated carbocycles. The van der Waals surface area contributed by atoms with Gasteiger partial charge in [0.25, 0.3) is 0 Å². The molecule has 0 atom stereocenters. The number of halogens is 2. The molecule has 0 aliphatic heterocycles. The lowest BCUT2D eigenvalue weighted by Crippen LogP contribution is -2.43. The van der Waals surface area contributed by atoms with Gasteiger partial charge in [0.05, 0.1) is 0 Å². The SMILES string of the molecule is CC(C)(CCCl)NS(=O)(=O)c1ccccc1F. The molecule has 0 fully saturated rings. The minimum Gasteiger partial charge on any atom is -0.207 e. The molecule has 0 aliphatic carbocycles. The van der Waals surface area contributed by atoms with Crippen molar-refractivity contribution in [3.05, 3.63) is 30.1 Å². The van der Waals surface area contributed by atoms with Gasteiger partial charge in [0.15, 0.2) is 0 Å². The molecule has 0 spiro atoms. The normalized spacial score (nSPS) is 12.7. The fourth-order valence-corrected chi connectivity index (χ4v) is 3.36. The maximum atomic E-state index is 13.4. The van der Waals surface area contributed by atoms with E-state index in [2.05, 4.69) is 4.72 Å². The largest absolute Gasteiger partial charge is 0.243 e. The lowest BCUT2D eigenvalue weighted by atomic mass is 10.0. The molecule has 1 aromatic rings. The van der Waals surface area contributed by atoms with E-state index in [0.717, 1.165) is 6.07 Å². The number of sulfonamides is 1. The quantitative estimate of drug-likeness (QED) is 0.842. The number of hydrogen-bond acceptors (Lipinski definition) is 2. The van der Waals surface area contributed by atoms with Gasteiger partial charge in [0.2, 0.25) is 10.0 Å². The molecule has 17 heavy (non-hydrogen) atoms. The highest BCUT2D eigenvalue weighted by Crippen LogP contribution is 2.18. The van der Waals surface area contributed by atoms with E-state index < -0.39 is 21.4 Å². The number of rotatable bonds is 5. The molecule has 0 aromatic heterocycles. The summed E-state index contributed by atoms with van der Waals surface area (Å²) in [5.74, 6) is -0.436. The van der Waals surface area contributed by atoms with Gasteiger partial charge in [-0.25, -0.2) is 17.5 Å². The van der Waals surface area contributed by atoms with E-state index >= 15 is 0 Å². The van der Waals surface area contributed by atoms with Crippen LogP contribution in [-0.4, -0.2) is 19.8 Å². The molecule has 1 aromatic carbocycles. The predicted molar refractivity (Wildman–Crippen MR) is 66.1 cm³/mol. The Labute approximate surface area is 106 Å². The Morgan fingerprint density at radius 3 is 2.47 bits per heavy atom. The van der Waals surface area contributed by atoms with Crippen LogP contribution in [0.2, 0.25) is 0 Å². The van der Waals surface area contributed by atoms with Crippen LogP contribution in [0.3, 0.4) is 0 Å². The van der Waals surface area contributed by atoms with E-state index in [1.54, 1.807) is 13.8 Å². The van der Waals surface area contributed by atoms with Gasteiger partial charge in [-0.15, -0.1) is 11.6 Å². The molecule has 0 amide bonds. The Morgan fingerprint density at radius 2 is 1.94 bits per heavy atom. The zero-order valence-corrected chi connectivity index (χ0v) is 11.3. The highest BCUT2D eigenvalue weighted by atomic mass is 35.5. The fraction of sp³-hybridized carbons (Fsp3) is 0.455. The average molecular weight is 280 g/mol. The topological polar surface area (TPSA) is 46.2 Å². The van der Waals surface area contributed by atoms with Crippen molar-refractivity contribution in [1.29, 1.82) is 0 Å². The average Bonchev–Trinajstić information content (AvgIpc) is 2.15. The summed E-state index contributed by atoms with van der Waals surface area (Å²) in [5, 5.41) is 0. The van der Waals surface area contributed by atoms with Crippen molar-refractivity contribution >= 4 is 21.6 Å². The molecule has 0 saturated heterocycles. The number of nitrogens with one attached hydrogen (secondary N) is 1. The molecule has 0 radical (unpaired) electrons. The van der Waals surface area contributed by atoms with Crippen molar-refractivity contribution in [1.82, 2.24) is 4.72 Å². The molecule has 0 bridgehead atoms. The molecule has 6 heteroatoms. The molecular formula is C11H15ClFNO2S. The number of benzene rings is 1. The van der Waals surface area contributed by atoms with Crippen molar-refractivity contribution < 1.29 is 12.8 Å². The summed E-state index contributed by atoms with van der Waals surface area (Å²) in [7, 11) is -3.85. The van der Waals surface area contributed by atoms with Crippen LogP contribution in [0.15, 0.2) is 29.2 Å². The minimum atomic E-state index is -3.85. The molecule has 0 heterocycles. The van der Waals surface area contributed by atoms with Gasteiger partial charge in [-0.1, -0.05) is 12.1 Å². The third-order valence-corrected chi connectivity index (χ3v) is 4.18. The number of hydrogen-bond donors (Lipinski definition) is 1. The summed E-state index contributed by atoms with van der Waals surface area (Å²) < 4.78 is 39.7. The van der Waals surface area contributed by atoms with Gasteiger partial charge < -0.3 is 0 Å². The van der Waals surface area contributed by atoms with E-state index in [1.807, 2.05) is 0 Å². The summed E-state index contributed by atoms with van der Waals surface area (Å²) in [6.45, 7) is 3.40. The van der Waals surface area contributed by atoms with E-state index in [-0.39, 0.29) is 4.90 Å². The molecule has 0 unspecified atom stereocenters. The summed E-state index contributed by atoms with van der Waals surface area (Å²) >= 11 is 5.58. The van der Waals surface area contributed by atoms with Crippen molar-refractivity contribution in [2.75, 3.05) is 5.88 Å². The van der Waals surface area contributed by atoms with E-state index in [0.29, 0.717) is 12.3 Å². The predicted octanol–water partition coefficient (Wildman–Crippen LogP) is 2.51. The lowest BCUT2D eigenvalue weighted by Gasteiger charge is -2.25. The van der Waals surface area contributed by atoms with Crippen LogP contribution in [0.25, 0.3) is 0 Å². The first-order valence-electron chi connectivity index (χ1n) is 5.13. The molecule has 1 N–H and O–H groups in total. The zero-order chi connectivity index (χ0) is 13.1.